The van der Waals surface area contributed by atoms with E-state index in [1.54, 1.807) is 18.2 Å². The molecule has 0 aromatic heterocycles. The van der Waals surface area contributed by atoms with Crippen LogP contribution >= 0.6 is 0 Å². The first-order valence-electron chi connectivity index (χ1n) is 12.6. The van der Waals surface area contributed by atoms with Crippen LogP contribution in [0.1, 0.15) is 33.2 Å². The van der Waals surface area contributed by atoms with Crippen molar-refractivity contribution in [1.29, 1.82) is 0 Å². The predicted octanol–water partition coefficient (Wildman–Crippen LogP) is 8.47. The molecular weight excluding hydrogens is 589 g/mol. The van der Waals surface area contributed by atoms with Crippen molar-refractivity contribution in [3.8, 4) is 11.5 Å². The molecule has 0 bridgehead atoms. The molecule has 0 heterocycles. The Hall–Kier alpha value is -2.30. The minimum Gasteiger partial charge on any atom is -0.542 e. The molecule has 0 aliphatic heterocycles. The molecule has 1 N–H and O–H groups in total. The number of alkyl halides is 6. The first-order chi connectivity index (χ1) is 17.8. The molecule has 2 aromatic rings. The molecule has 224 valence electrons. The van der Waals surface area contributed by atoms with Gasteiger partial charge in [0.15, 0.2) is 8.32 Å². The molecule has 0 spiro atoms. The number of benzene rings is 2. The minimum atomic E-state index is -5.06. The van der Waals surface area contributed by atoms with Crippen molar-refractivity contribution in [1.82, 2.24) is 5.32 Å². The Morgan fingerprint density at radius 1 is 0.725 bits per heavy atom. The van der Waals surface area contributed by atoms with Gasteiger partial charge in [0.1, 0.15) is 11.5 Å². The van der Waals surface area contributed by atoms with Gasteiger partial charge >= 0.3 is 12.4 Å². The van der Waals surface area contributed by atoms with Crippen LogP contribution in [-0.2, 0) is 16.8 Å². The van der Waals surface area contributed by atoms with Crippen molar-refractivity contribution < 1.29 is 44.4 Å². The molecule has 0 saturated heterocycles. The van der Waals surface area contributed by atoms with E-state index in [4.69, 9.17) is 13.3 Å². The van der Waals surface area contributed by atoms with E-state index in [0.29, 0.717) is 29.2 Å². The summed E-state index contributed by atoms with van der Waals surface area (Å²) >= 11 is 0. The summed E-state index contributed by atoms with van der Waals surface area (Å²) in [5.74, 6) is 0.00472. The number of rotatable bonds is 10. The van der Waals surface area contributed by atoms with E-state index in [0.717, 1.165) is 0 Å². The van der Waals surface area contributed by atoms with Crippen LogP contribution in [0.3, 0.4) is 0 Å². The van der Waals surface area contributed by atoms with Crippen LogP contribution < -0.4 is 14.2 Å². The van der Waals surface area contributed by atoms with Gasteiger partial charge in [0.2, 0.25) is 16.6 Å². The molecule has 0 fully saturated rings. The highest BCUT2D eigenvalue weighted by Gasteiger charge is 2.37. The van der Waals surface area contributed by atoms with E-state index in [2.05, 4.69) is 5.32 Å². The van der Waals surface area contributed by atoms with Crippen LogP contribution in [0.5, 0.6) is 11.5 Å². The second-order valence-electron chi connectivity index (χ2n) is 12.4. The van der Waals surface area contributed by atoms with E-state index >= 15 is 0 Å². The molecular formula is C26H37F6NO4Si3. The maximum Gasteiger partial charge on any atom is 0.416 e. The zero-order valence-corrected chi connectivity index (χ0v) is 27.1. The quantitative estimate of drug-likeness (QED) is 0.213. The molecule has 2 aromatic carbocycles. The smallest absolute Gasteiger partial charge is 0.416 e. The first kappa shape index (κ1) is 33.9. The number of amides is 1. The fraction of sp³-hybridized carbons (Fsp3) is 0.500. The van der Waals surface area contributed by atoms with Crippen molar-refractivity contribution >= 4 is 30.9 Å². The number of halogens is 6. The second-order valence-corrected chi connectivity index (χ2v) is 25.7. The molecule has 1 amide bonds. The summed E-state index contributed by atoms with van der Waals surface area (Å²) in [5, 5.41) is 2.47. The van der Waals surface area contributed by atoms with Crippen molar-refractivity contribution in [3.05, 3.63) is 58.7 Å². The van der Waals surface area contributed by atoms with Gasteiger partial charge in [0.05, 0.1) is 17.2 Å². The Balaban J connectivity index is 2.46. The molecule has 0 radical (unpaired) electrons. The van der Waals surface area contributed by atoms with E-state index in [1.165, 1.54) is 0 Å². The summed E-state index contributed by atoms with van der Waals surface area (Å²) in [6.45, 7) is 17.7. The lowest BCUT2D eigenvalue weighted by atomic mass is 10.0. The van der Waals surface area contributed by atoms with Crippen LogP contribution in [0.15, 0.2) is 36.4 Å². The molecule has 1 atom stereocenters. The van der Waals surface area contributed by atoms with Gasteiger partial charge in [0.25, 0.3) is 5.91 Å². The Labute approximate surface area is 234 Å². The van der Waals surface area contributed by atoms with E-state index in [1.807, 2.05) is 58.9 Å². The molecule has 0 aliphatic rings. The zero-order valence-electron chi connectivity index (χ0n) is 24.1. The normalized spacial score (nSPS) is 14.1. The largest absolute Gasteiger partial charge is 0.542 e. The van der Waals surface area contributed by atoms with Crippen LogP contribution in [0.25, 0.3) is 0 Å². The predicted molar refractivity (Wildman–Crippen MR) is 150 cm³/mol. The molecule has 0 saturated carbocycles. The molecule has 5 nitrogen and oxygen atoms in total. The third-order valence-electron chi connectivity index (χ3n) is 4.97. The molecule has 1 unspecified atom stereocenters. The van der Waals surface area contributed by atoms with Crippen molar-refractivity contribution in [3.63, 3.8) is 0 Å². The Bertz CT molecular complexity index is 1170. The summed E-state index contributed by atoms with van der Waals surface area (Å²) in [6.07, 6.45) is -10.9. The van der Waals surface area contributed by atoms with Gasteiger partial charge in [-0.1, -0.05) is 6.07 Å². The average Bonchev–Trinajstić information content (AvgIpc) is 2.73. The maximum atomic E-state index is 13.3. The van der Waals surface area contributed by atoms with Crippen molar-refractivity contribution in [2.75, 3.05) is 6.54 Å². The average molecular weight is 626 g/mol. The van der Waals surface area contributed by atoms with Gasteiger partial charge in [-0.25, -0.2) is 0 Å². The van der Waals surface area contributed by atoms with Crippen LogP contribution in [0.4, 0.5) is 26.3 Å². The fourth-order valence-corrected chi connectivity index (χ4v) is 6.30. The number of hydrogen-bond acceptors (Lipinski definition) is 4. The summed E-state index contributed by atoms with van der Waals surface area (Å²) in [5.41, 5.74) is -3.25. The molecule has 40 heavy (non-hydrogen) atoms. The highest BCUT2D eigenvalue weighted by molar-refractivity contribution is 6.71. The van der Waals surface area contributed by atoms with Crippen LogP contribution in [0, 0.1) is 0 Å². The van der Waals surface area contributed by atoms with Crippen LogP contribution in [-0.4, -0.2) is 37.4 Å². The summed E-state index contributed by atoms with van der Waals surface area (Å²) in [6, 6.07) is 6.07. The molecule has 14 heteroatoms. The fourth-order valence-electron chi connectivity index (χ4n) is 3.58. The van der Waals surface area contributed by atoms with Crippen LogP contribution in [0.2, 0.25) is 58.9 Å². The van der Waals surface area contributed by atoms with E-state index in [-0.39, 0.29) is 12.6 Å². The summed E-state index contributed by atoms with van der Waals surface area (Å²) in [7, 11) is -6.32. The first-order valence-corrected chi connectivity index (χ1v) is 22.8. The minimum absolute atomic E-state index is 0.0158. The topological polar surface area (TPSA) is 56.8 Å². The highest BCUT2D eigenvalue weighted by atomic mass is 28.4. The lowest BCUT2D eigenvalue weighted by Gasteiger charge is -2.30. The van der Waals surface area contributed by atoms with Gasteiger partial charge in [0, 0.05) is 12.1 Å². The van der Waals surface area contributed by atoms with Gasteiger partial charge in [-0.2, -0.15) is 26.3 Å². The van der Waals surface area contributed by atoms with Crippen molar-refractivity contribution in [2.24, 2.45) is 0 Å². The third kappa shape index (κ3) is 10.9. The Kier molecular flexibility index (Phi) is 10.1. The summed E-state index contributed by atoms with van der Waals surface area (Å²) in [4.78, 5) is 12.8. The van der Waals surface area contributed by atoms with Gasteiger partial charge < -0.3 is 18.6 Å². The standard InChI is InChI=1S/C26H37F6NO4Si3/c1-38(2,3)35-21-11-10-17(14-22(21)36-39(4,5)6)23(37-40(7,8)9)16-33-24(34)18-12-19(25(27,28)29)15-20(13-18)26(30,31)32/h10-15,23H,16H2,1-9H3,(H,33,34). The molecule has 0 aliphatic carbocycles. The van der Waals surface area contributed by atoms with Gasteiger partial charge in [-0.3, -0.25) is 4.79 Å². The van der Waals surface area contributed by atoms with E-state index < -0.39 is 66.0 Å². The monoisotopic (exact) mass is 625 g/mol. The van der Waals surface area contributed by atoms with E-state index in [9.17, 15) is 31.1 Å². The number of carbonyl (C=O) groups excluding carboxylic acids is 1. The Morgan fingerprint density at radius 2 is 1.20 bits per heavy atom. The lowest BCUT2D eigenvalue weighted by Crippen LogP contribution is -2.36. The lowest BCUT2D eigenvalue weighted by molar-refractivity contribution is -0.143. The number of hydrogen-bond donors (Lipinski definition) is 1. The zero-order chi connectivity index (χ0) is 30.9. The Morgan fingerprint density at radius 3 is 1.62 bits per heavy atom. The molecule has 2 rings (SSSR count). The van der Waals surface area contributed by atoms with Crippen molar-refractivity contribution in [2.45, 2.75) is 77.4 Å². The summed E-state index contributed by atoms with van der Waals surface area (Å²) < 4.78 is 98.4. The number of carbonyl (C=O) groups is 1. The van der Waals surface area contributed by atoms with Gasteiger partial charge in [-0.15, -0.1) is 0 Å². The maximum absolute atomic E-state index is 13.3. The number of nitrogens with one attached hydrogen (secondary N) is 1. The van der Waals surface area contributed by atoms with Gasteiger partial charge in [-0.05, 0) is 94.8 Å². The highest BCUT2D eigenvalue weighted by Crippen LogP contribution is 2.37. The third-order valence-corrected chi connectivity index (χ3v) is 7.62. The second kappa shape index (κ2) is 11.9. The SMILES string of the molecule is C[Si](C)(C)Oc1ccc(C(CNC(=O)c2cc(C(F)(F)F)cc(C(F)(F)F)c2)O[Si](C)(C)C)cc1O[Si](C)(C)C.